The van der Waals surface area contributed by atoms with Crippen molar-refractivity contribution in [2.45, 2.75) is 57.5 Å². The molecule has 0 bridgehead atoms. The summed E-state index contributed by atoms with van der Waals surface area (Å²) in [6.07, 6.45) is 6.42. The standard InChI is InChI=1S/C14H26N2O2/c1-11-6-7-12(9-15-11)14(18)16-8-4-2-3-5-13(16)10-17/h11-13,15,17H,2-10H2,1H3. The van der Waals surface area contributed by atoms with Gasteiger partial charge in [-0.3, -0.25) is 4.79 Å². The van der Waals surface area contributed by atoms with E-state index in [0.29, 0.717) is 6.04 Å². The number of likely N-dealkylation sites (tertiary alicyclic amines) is 1. The summed E-state index contributed by atoms with van der Waals surface area (Å²) >= 11 is 0. The van der Waals surface area contributed by atoms with E-state index in [1.807, 2.05) is 4.90 Å². The zero-order valence-electron chi connectivity index (χ0n) is 11.4. The smallest absolute Gasteiger partial charge is 0.227 e. The van der Waals surface area contributed by atoms with E-state index in [-0.39, 0.29) is 24.5 Å². The summed E-state index contributed by atoms with van der Waals surface area (Å²) < 4.78 is 0. The second-order valence-corrected chi connectivity index (χ2v) is 5.80. The maximum absolute atomic E-state index is 12.6. The van der Waals surface area contributed by atoms with Gasteiger partial charge in [-0.25, -0.2) is 0 Å². The number of piperidine rings is 1. The summed E-state index contributed by atoms with van der Waals surface area (Å²) in [6.45, 7) is 3.91. The van der Waals surface area contributed by atoms with Crippen LogP contribution in [0.3, 0.4) is 0 Å². The van der Waals surface area contributed by atoms with Crippen LogP contribution in [0, 0.1) is 5.92 Å². The van der Waals surface area contributed by atoms with Crippen molar-refractivity contribution in [1.82, 2.24) is 10.2 Å². The van der Waals surface area contributed by atoms with Crippen molar-refractivity contribution >= 4 is 5.91 Å². The van der Waals surface area contributed by atoms with Crippen molar-refractivity contribution < 1.29 is 9.90 Å². The topological polar surface area (TPSA) is 52.6 Å². The van der Waals surface area contributed by atoms with Crippen molar-refractivity contribution in [3.8, 4) is 0 Å². The molecule has 0 aliphatic carbocycles. The second kappa shape index (κ2) is 6.53. The molecule has 2 heterocycles. The minimum atomic E-state index is 0.0550. The van der Waals surface area contributed by atoms with Gasteiger partial charge in [-0.2, -0.15) is 0 Å². The molecule has 0 aromatic carbocycles. The van der Waals surface area contributed by atoms with Crippen LogP contribution in [0.5, 0.6) is 0 Å². The lowest BCUT2D eigenvalue weighted by Crippen LogP contribution is -2.49. The lowest BCUT2D eigenvalue weighted by molar-refractivity contribution is -0.139. The fourth-order valence-corrected chi connectivity index (χ4v) is 3.10. The maximum Gasteiger partial charge on any atom is 0.227 e. The summed E-state index contributed by atoms with van der Waals surface area (Å²) in [4.78, 5) is 14.5. The molecular formula is C14H26N2O2. The van der Waals surface area contributed by atoms with Gasteiger partial charge in [0, 0.05) is 19.1 Å². The number of nitrogens with zero attached hydrogens (tertiary/aromatic N) is 1. The number of amides is 1. The van der Waals surface area contributed by atoms with E-state index in [2.05, 4.69) is 12.2 Å². The van der Waals surface area contributed by atoms with Crippen LogP contribution in [-0.4, -0.2) is 47.7 Å². The summed E-state index contributed by atoms with van der Waals surface area (Å²) in [7, 11) is 0. The van der Waals surface area contributed by atoms with Gasteiger partial charge in [0.1, 0.15) is 0 Å². The molecule has 0 aromatic rings. The fourth-order valence-electron chi connectivity index (χ4n) is 3.10. The molecular weight excluding hydrogens is 228 g/mol. The van der Waals surface area contributed by atoms with E-state index in [0.717, 1.165) is 45.2 Å². The largest absolute Gasteiger partial charge is 0.394 e. The minimum Gasteiger partial charge on any atom is -0.394 e. The molecule has 2 rings (SSSR count). The van der Waals surface area contributed by atoms with Crippen LogP contribution in [-0.2, 0) is 4.79 Å². The van der Waals surface area contributed by atoms with E-state index >= 15 is 0 Å². The number of hydrogen-bond donors (Lipinski definition) is 2. The normalized spacial score (nSPS) is 34.1. The molecule has 0 radical (unpaired) electrons. The molecule has 0 spiro atoms. The van der Waals surface area contributed by atoms with Crippen LogP contribution in [0.4, 0.5) is 0 Å². The van der Waals surface area contributed by atoms with Crippen molar-refractivity contribution in [2.24, 2.45) is 5.92 Å². The van der Waals surface area contributed by atoms with E-state index in [9.17, 15) is 9.90 Å². The number of carbonyl (C=O) groups is 1. The average molecular weight is 254 g/mol. The first-order valence-corrected chi connectivity index (χ1v) is 7.37. The molecule has 2 N–H and O–H groups in total. The number of rotatable bonds is 2. The van der Waals surface area contributed by atoms with Gasteiger partial charge in [-0.15, -0.1) is 0 Å². The Morgan fingerprint density at radius 3 is 2.78 bits per heavy atom. The van der Waals surface area contributed by atoms with Gasteiger partial charge in [-0.1, -0.05) is 12.8 Å². The molecule has 104 valence electrons. The SMILES string of the molecule is CC1CCC(C(=O)N2CCCCCC2CO)CN1. The molecule has 0 saturated carbocycles. The molecule has 3 atom stereocenters. The van der Waals surface area contributed by atoms with Crippen LogP contribution in [0.2, 0.25) is 0 Å². The van der Waals surface area contributed by atoms with Crippen molar-refractivity contribution in [3.63, 3.8) is 0 Å². The number of aliphatic hydroxyl groups excluding tert-OH is 1. The van der Waals surface area contributed by atoms with Crippen LogP contribution in [0.1, 0.15) is 45.4 Å². The Morgan fingerprint density at radius 2 is 2.11 bits per heavy atom. The van der Waals surface area contributed by atoms with Crippen LogP contribution in [0.25, 0.3) is 0 Å². The summed E-state index contributed by atoms with van der Waals surface area (Å²) in [5.41, 5.74) is 0. The number of aliphatic hydroxyl groups is 1. The Kier molecular flexibility index (Phi) is 5.01. The average Bonchev–Trinajstić information content (AvgIpc) is 2.63. The zero-order valence-corrected chi connectivity index (χ0v) is 11.4. The van der Waals surface area contributed by atoms with Crippen molar-refractivity contribution in [2.75, 3.05) is 19.7 Å². The molecule has 2 aliphatic heterocycles. The highest BCUT2D eigenvalue weighted by Crippen LogP contribution is 2.22. The van der Waals surface area contributed by atoms with E-state index in [1.165, 1.54) is 6.42 Å². The number of carbonyl (C=O) groups excluding carboxylic acids is 1. The Labute approximate surface area is 110 Å². The molecule has 18 heavy (non-hydrogen) atoms. The highest BCUT2D eigenvalue weighted by atomic mass is 16.3. The lowest BCUT2D eigenvalue weighted by Gasteiger charge is -2.35. The zero-order chi connectivity index (χ0) is 13.0. The third kappa shape index (κ3) is 3.23. The molecule has 2 fully saturated rings. The summed E-state index contributed by atoms with van der Waals surface area (Å²) in [6, 6.07) is 0.589. The van der Waals surface area contributed by atoms with Crippen molar-refractivity contribution in [1.29, 1.82) is 0 Å². The highest BCUT2D eigenvalue weighted by molar-refractivity contribution is 5.79. The van der Waals surface area contributed by atoms with Gasteiger partial charge in [0.2, 0.25) is 5.91 Å². The quantitative estimate of drug-likeness (QED) is 0.777. The number of hydrogen-bond acceptors (Lipinski definition) is 3. The first-order chi connectivity index (χ1) is 8.72. The summed E-state index contributed by atoms with van der Waals surface area (Å²) in [5, 5.41) is 12.9. The third-order valence-electron chi connectivity index (χ3n) is 4.38. The van der Waals surface area contributed by atoms with Gasteiger partial charge < -0.3 is 15.3 Å². The van der Waals surface area contributed by atoms with Gasteiger partial charge in [0.05, 0.1) is 18.6 Å². The van der Waals surface area contributed by atoms with E-state index in [4.69, 9.17) is 0 Å². The van der Waals surface area contributed by atoms with Gasteiger partial charge in [0.25, 0.3) is 0 Å². The van der Waals surface area contributed by atoms with E-state index < -0.39 is 0 Å². The first kappa shape index (κ1) is 13.8. The molecule has 4 nitrogen and oxygen atoms in total. The molecule has 3 unspecified atom stereocenters. The lowest BCUT2D eigenvalue weighted by atomic mass is 9.93. The minimum absolute atomic E-state index is 0.0550. The van der Waals surface area contributed by atoms with Gasteiger partial charge >= 0.3 is 0 Å². The predicted molar refractivity (Wildman–Crippen MR) is 71.2 cm³/mol. The molecule has 2 aliphatic rings. The van der Waals surface area contributed by atoms with Crippen molar-refractivity contribution in [3.05, 3.63) is 0 Å². The number of nitrogens with one attached hydrogen (secondary N) is 1. The second-order valence-electron chi connectivity index (χ2n) is 5.80. The summed E-state index contributed by atoms with van der Waals surface area (Å²) in [5.74, 6) is 0.378. The predicted octanol–water partition coefficient (Wildman–Crippen LogP) is 1.14. The van der Waals surface area contributed by atoms with Crippen LogP contribution < -0.4 is 5.32 Å². The Morgan fingerprint density at radius 1 is 1.28 bits per heavy atom. The van der Waals surface area contributed by atoms with Crippen LogP contribution >= 0.6 is 0 Å². The van der Waals surface area contributed by atoms with E-state index in [1.54, 1.807) is 0 Å². The maximum atomic E-state index is 12.6. The Bertz CT molecular complexity index is 275. The highest BCUT2D eigenvalue weighted by Gasteiger charge is 2.31. The van der Waals surface area contributed by atoms with Crippen LogP contribution in [0.15, 0.2) is 0 Å². The Hall–Kier alpha value is -0.610. The molecule has 1 amide bonds. The van der Waals surface area contributed by atoms with Gasteiger partial charge in [0.15, 0.2) is 0 Å². The fraction of sp³-hybridized carbons (Fsp3) is 0.929. The first-order valence-electron chi connectivity index (χ1n) is 7.37. The molecule has 4 heteroatoms. The monoisotopic (exact) mass is 254 g/mol. The third-order valence-corrected chi connectivity index (χ3v) is 4.38. The Balaban J connectivity index is 1.96. The van der Waals surface area contributed by atoms with Gasteiger partial charge in [-0.05, 0) is 32.6 Å². The molecule has 2 saturated heterocycles. The molecule has 0 aromatic heterocycles.